The number of hydrogen-bond donors (Lipinski definition) is 1. The Hall–Kier alpha value is -1.71. The van der Waals surface area contributed by atoms with E-state index in [9.17, 15) is 9.90 Å². The van der Waals surface area contributed by atoms with Crippen molar-refractivity contribution in [3.63, 3.8) is 0 Å². The highest BCUT2D eigenvalue weighted by atomic mass is 35.5. The van der Waals surface area contributed by atoms with Crippen molar-refractivity contribution in [2.45, 2.75) is 38.7 Å². The monoisotopic (exact) mass is 366 g/mol. The van der Waals surface area contributed by atoms with Gasteiger partial charge in [0.25, 0.3) is 0 Å². The van der Waals surface area contributed by atoms with Crippen LogP contribution in [0.1, 0.15) is 31.9 Å². The maximum Gasteiger partial charge on any atom is 0.345 e. The smallest absolute Gasteiger partial charge is 0.345 e. The zero-order valence-corrected chi connectivity index (χ0v) is 15.4. The molecule has 0 spiro atoms. The third kappa shape index (κ3) is 4.89. The Kier molecular flexibility index (Phi) is 5.79. The highest BCUT2D eigenvalue weighted by molar-refractivity contribution is 6.42. The van der Waals surface area contributed by atoms with Crippen molar-refractivity contribution in [3.8, 4) is 5.75 Å². The Morgan fingerprint density at radius 1 is 1.08 bits per heavy atom. The fraction of sp³-hybridized carbons (Fsp3) is 0.316. The van der Waals surface area contributed by atoms with E-state index in [2.05, 4.69) is 20.8 Å². The molecule has 0 aliphatic heterocycles. The summed E-state index contributed by atoms with van der Waals surface area (Å²) in [6.45, 7) is 6.35. The van der Waals surface area contributed by atoms with Gasteiger partial charge in [-0.15, -0.1) is 0 Å². The van der Waals surface area contributed by atoms with Crippen LogP contribution in [-0.4, -0.2) is 17.2 Å². The van der Waals surface area contributed by atoms with Gasteiger partial charge < -0.3 is 9.84 Å². The molecule has 1 unspecified atom stereocenters. The van der Waals surface area contributed by atoms with Gasteiger partial charge >= 0.3 is 5.97 Å². The van der Waals surface area contributed by atoms with Gasteiger partial charge in [-0.05, 0) is 40.8 Å². The second-order valence-electron chi connectivity index (χ2n) is 6.67. The van der Waals surface area contributed by atoms with E-state index in [4.69, 9.17) is 27.9 Å². The molecule has 0 aliphatic carbocycles. The summed E-state index contributed by atoms with van der Waals surface area (Å²) in [7, 11) is 0. The zero-order valence-electron chi connectivity index (χ0n) is 13.8. The Bertz CT molecular complexity index is 718. The van der Waals surface area contributed by atoms with Crippen molar-refractivity contribution >= 4 is 29.2 Å². The molecule has 0 radical (unpaired) electrons. The van der Waals surface area contributed by atoms with Gasteiger partial charge in [-0.25, -0.2) is 4.79 Å². The molecule has 5 heteroatoms. The molecular weight excluding hydrogens is 347 g/mol. The van der Waals surface area contributed by atoms with Crippen molar-refractivity contribution in [1.82, 2.24) is 0 Å². The van der Waals surface area contributed by atoms with Crippen molar-refractivity contribution < 1.29 is 14.6 Å². The fourth-order valence-electron chi connectivity index (χ4n) is 2.26. The van der Waals surface area contributed by atoms with Crippen LogP contribution in [0.25, 0.3) is 0 Å². The number of carboxylic acid groups (broad SMARTS) is 1. The van der Waals surface area contributed by atoms with Gasteiger partial charge in [0.15, 0.2) is 6.10 Å². The first-order chi connectivity index (χ1) is 11.2. The Morgan fingerprint density at radius 3 is 2.21 bits per heavy atom. The molecule has 0 aromatic heterocycles. The normalized spacial score (nSPS) is 12.7. The average Bonchev–Trinajstić information content (AvgIpc) is 2.50. The van der Waals surface area contributed by atoms with Crippen LogP contribution in [0.5, 0.6) is 5.75 Å². The number of halogens is 2. The average molecular weight is 367 g/mol. The molecule has 3 nitrogen and oxygen atoms in total. The lowest BCUT2D eigenvalue weighted by molar-refractivity contribution is -0.145. The second-order valence-corrected chi connectivity index (χ2v) is 7.49. The lowest BCUT2D eigenvalue weighted by Gasteiger charge is -2.20. The molecule has 0 heterocycles. The second kappa shape index (κ2) is 7.45. The van der Waals surface area contributed by atoms with Crippen LogP contribution in [0.3, 0.4) is 0 Å². The number of hydrogen-bond acceptors (Lipinski definition) is 2. The standard InChI is InChI=1S/C19H20Cl2O3/c1-19(2,3)13-5-7-14(8-6-13)24-17(18(22)23)11-12-4-9-15(20)16(21)10-12/h4-10,17H,11H2,1-3H3,(H,22,23). The van der Waals surface area contributed by atoms with Crippen LogP contribution in [-0.2, 0) is 16.6 Å². The number of ether oxygens (including phenoxy) is 1. The van der Waals surface area contributed by atoms with Crippen molar-refractivity contribution in [2.75, 3.05) is 0 Å². The van der Waals surface area contributed by atoms with Crippen LogP contribution < -0.4 is 4.74 Å². The molecule has 0 amide bonds. The van der Waals surface area contributed by atoms with Gasteiger partial charge in [0.1, 0.15) is 5.75 Å². The van der Waals surface area contributed by atoms with Gasteiger partial charge in [0, 0.05) is 6.42 Å². The third-order valence-corrected chi connectivity index (χ3v) is 4.42. The van der Waals surface area contributed by atoms with Gasteiger partial charge in [0.2, 0.25) is 0 Å². The first kappa shape index (κ1) is 18.6. The van der Waals surface area contributed by atoms with E-state index in [0.29, 0.717) is 15.8 Å². The number of carboxylic acids is 1. The minimum absolute atomic E-state index is 0.0325. The fourth-order valence-corrected chi connectivity index (χ4v) is 2.58. The van der Waals surface area contributed by atoms with Crippen LogP contribution in [0, 0.1) is 0 Å². The van der Waals surface area contributed by atoms with E-state index >= 15 is 0 Å². The minimum Gasteiger partial charge on any atom is -0.478 e. The Labute approximate surface area is 152 Å². The van der Waals surface area contributed by atoms with E-state index in [1.807, 2.05) is 12.1 Å². The number of aliphatic carboxylic acids is 1. The van der Waals surface area contributed by atoms with Crippen LogP contribution in [0.4, 0.5) is 0 Å². The molecule has 0 saturated heterocycles. The topological polar surface area (TPSA) is 46.5 Å². The summed E-state index contributed by atoms with van der Waals surface area (Å²) in [5, 5.41) is 10.3. The molecule has 2 aromatic rings. The summed E-state index contributed by atoms with van der Waals surface area (Å²) < 4.78 is 5.64. The van der Waals surface area contributed by atoms with E-state index < -0.39 is 12.1 Å². The van der Waals surface area contributed by atoms with Crippen molar-refractivity contribution in [3.05, 3.63) is 63.6 Å². The molecule has 2 rings (SSSR count). The van der Waals surface area contributed by atoms with Gasteiger partial charge in [-0.3, -0.25) is 0 Å². The summed E-state index contributed by atoms with van der Waals surface area (Å²) in [6.07, 6.45) is -0.796. The molecule has 0 bridgehead atoms. The summed E-state index contributed by atoms with van der Waals surface area (Å²) in [6, 6.07) is 12.6. The van der Waals surface area contributed by atoms with Gasteiger partial charge in [0.05, 0.1) is 10.0 Å². The molecule has 1 atom stereocenters. The SMILES string of the molecule is CC(C)(C)c1ccc(OC(Cc2ccc(Cl)c(Cl)c2)C(=O)O)cc1. The third-order valence-electron chi connectivity index (χ3n) is 3.68. The lowest BCUT2D eigenvalue weighted by Crippen LogP contribution is -2.29. The summed E-state index contributed by atoms with van der Waals surface area (Å²) in [5.74, 6) is -0.503. The van der Waals surface area contributed by atoms with Crippen molar-refractivity contribution in [2.24, 2.45) is 0 Å². The highest BCUT2D eigenvalue weighted by Gasteiger charge is 2.21. The van der Waals surface area contributed by atoms with E-state index in [1.54, 1.807) is 30.3 Å². The number of benzene rings is 2. The molecule has 0 saturated carbocycles. The van der Waals surface area contributed by atoms with Crippen LogP contribution in [0.2, 0.25) is 10.0 Å². The first-order valence-corrected chi connectivity index (χ1v) is 8.36. The molecular formula is C19H20Cl2O3. The van der Waals surface area contributed by atoms with E-state index in [-0.39, 0.29) is 11.8 Å². The molecule has 24 heavy (non-hydrogen) atoms. The molecule has 0 fully saturated rings. The lowest BCUT2D eigenvalue weighted by atomic mass is 9.87. The Balaban J connectivity index is 2.13. The summed E-state index contributed by atoms with van der Waals surface area (Å²) in [5.41, 5.74) is 1.94. The van der Waals surface area contributed by atoms with Crippen LogP contribution >= 0.6 is 23.2 Å². The predicted octanol–water partition coefficient (Wildman–Crippen LogP) is 5.37. The zero-order chi connectivity index (χ0) is 17.9. The summed E-state index contributed by atoms with van der Waals surface area (Å²) in [4.78, 5) is 11.5. The maximum absolute atomic E-state index is 11.5. The van der Waals surface area contributed by atoms with Gasteiger partial charge in [-0.2, -0.15) is 0 Å². The minimum atomic E-state index is -1.03. The molecule has 0 aliphatic rings. The molecule has 2 aromatic carbocycles. The van der Waals surface area contributed by atoms with E-state index in [1.165, 1.54) is 0 Å². The molecule has 128 valence electrons. The number of rotatable bonds is 5. The number of carbonyl (C=O) groups is 1. The quantitative estimate of drug-likeness (QED) is 0.773. The predicted molar refractivity (Wildman–Crippen MR) is 97.4 cm³/mol. The maximum atomic E-state index is 11.5. The van der Waals surface area contributed by atoms with E-state index in [0.717, 1.165) is 11.1 Å². The van der Waals surface area contributed by atoms with Crippen molar-refractivity contribution in [1.29, 1.82) is 0 Å². The highest BCUT2D eigenvalue weighted by Crippen LogP contribution is 2.26. The Morgan fingerprint density at radius 2 is 1.71 bits per heavy atom. The molecule has 1 N–H and O–H groups in total. The summed E-state index contributed by atoms with van der Waals surface area (Å²) >= 11 is 11.9. The first-order valence-electron chi connectivity index (χ1n) is 7.61. The van der Waals surface area contributed by atoms with Gasteiger partial charge in [-0.1, -0.05) is 62.2 Å². The largest absolute Gasteiger partial charge is 0.478 e. The van der Waals surface area contributed by atoms with Crippen LogP contribution in [0.15, 0.2) is 42.5 Å².